The van der Waals surface area contributed by atoms with Gasteiger partial charge in [0.1, 0.15) is 12.4 Å². The maximum absolute atomic E-state index is 13.4. The Morgan fingerprint density at radius 2 is 2.03 bits per heavy atom. The number of hydrogen-bond donors (Lipinski definition) is 1. The first-order valence-electron chi connectivity index (χ1n) is 10.9. The molecule has 1 unspecified atom stereocenters. The minimum absolute atomic E-state index is 0.0717. The van der Waals surface area contributed by atoms with Crippen molar-refractivity contribution in [3.8, 4) is 5.75 Å². The predicted molar refractivity (Wildman–Crippen MR) is 120 cm³/mol. The van der Waals surface area contributed by atoms with Crippen molar-refractivity contribution in [1.82, 2.24) is 9.80 Å². The van der Waals surface area contributed by atoms with Crippen molar-refractivity contribution in [2.45, 2.75) is 44.8 Å². The minimum Gasteiger partial charge on any atom is -0.491 e. The number of nitrogens with zero attached hydrogens (tertiary/aromatic N) is 2. The van der Waals surface area contributed by atoms with E-state index in [0.717, 1.165) is 25.3 Å². The van der Waals surface area contributed by atoms with Crippen LogP contribution >= 0.6 is 11.3 Å². The fourth-order valence-corrected chi connectivity index (χ4v) is 5.17. The highest BCUT2D eigenvalue weighted by molar-refractivity contribution is 7.10. The van der Waals surface area contributed by atoms with Gasteiger partial charge in [-0.2, -0.15) is 0 Å². The summed E-state index contributed by atoms with van der Waals surface area (Å²) in [6.45, 7) is 6.54. The van der Waals surface area contributed by atoms with Crippen LogP contribution in [0.5, 0.6) is 5.75 Å². The molecule has 0 radical (unpaired) electrons. The number of carbonyl (C=O) groups excluding carboxylic acids is 1. The van der Waals surface area contributed by atoms with Gasteiger partial charge in [-0.15, -0.1) is 11.3 Å². The van der Waals surface area contributed by atoms with Crippen LogP contribution < -0.4 is 4.74 Å². The first-order valence-corrected chi connectivity index (χ1v) is 11.8. The van der Waals surface area contributed by atoms with Gasteiger partial charge in [-0.05, 0) is 68.2 Å². The van der Waals surface area contributed by atoms with Crippen molar-refractivity contribution in [2.24, 2.45) is 5.92 Å². The summed E-state index contributed by atoms with van der Waals surface area (Å²) in [4.78, 5) is 18.9. The van der Waals surface area contributed by atoms with Gasteiger partial charge in [0.2, 0.25) is 5.91 Å². The van der Waals surface area contributed by atoms with Gasteiger partial charge in [0.15, 0.2) is 0 Å². The van der Waals surface area contributed by atoms with Crippen LogP contribution in [0, 0.1) is 5.92 Å². The Morgan fingerprint density at radius 1 is 1.27 bits per heavy atom. The largest absolute Gasteiger partial charge is 0.491 e. The number of thiophene rings is 1. The summed E-state index contributed by atoms with van der Waals surface area (Å²) < 4.78 is 6.07. The zero-order chi connectivity index (χ0) is 21.1. The second-order valence-electron chi connectivity index (χ2n) is 9.20. The van der Waals surface area contributed by atoms with E-state index in [1.165, 1.54) is 23.3 Å². The Labute approximate surface area is 183 Å². The van der Waals surface area contributed by atoms with E-state index in [2.05, 4.69) is 16.3 Å². The number of ether oxygens (including phenoxy) is 1. The van der Waals surface area contributed by atoms with Crippen molar-refractivity contribution < 1.29 is 14.6 Å². The van der Waals surface area contributed by atoms with Gasteiger partial charge in [-0.25, -0.2) is 0 Å². The Bertz CT molecular complexity index is 842. The molecule has 0 bridgehead atoms. The van der Waals surface area contributed by atoms with Gasteiger partial charge in [-0.3, -0.25) is 9.69 Å². The highest BCUT2D eigenvalue weighted by Crippen LogP contribution is 2.34. The summed E-state index contributed by atoms with van der Waals surface area (Å²) in [6, 6.07) is 11.9. The fraction of sp³-hybridized carbons (Fsp3) is 0.542. The van der Waals surface area contributed by atoms with Crippen LogP contribution in [0.4, 0.5) is 0 Å². The van der Waals surface area contributed by atoms with Crippen molar-refractivity contribution >= 4 is 17.2 Å². The van der Waals surface area contributed by atoms with E-state index in [4.69, 9.17) is 4.74 Å². The molecule has 1 aliphatic carbocycles. The van der Waals surface area contributed by atoms with Crippen LogP contribution in [0.3, 0.4) is 0 Å². The van der Waals surface area contributed by atoms with E-state index in [1.807, 2.05) is 49.1 Å². The molecule has 1 fully saturated rings. The topological polar surface area (TPSA) is 53.0 Å². The molecule has 1 atom stereocenters. The normalized spacial score (nSPS) is 19.1. The van der Waals surface area contributed by atoms with Crippen LogP contribution in [0.25, 0.3) is 0 Å². The smallest absolute Gasteiger partial charge is 0.237 e. The molecule has 0 spiro atoms. The molecule has 1 aromatic heterocycles. The third-order valence-corrected chi connectivity index (χ3v) is 6.75. The van der Waals surface area contributed by atoms with Crippen molar-refractivity contribution in [3.05, 3.63) is 52.2 Å². The summed E-state index contributed by atoms with van der Waals surface area (Å²) >= 11 is 1.77. The molecular formula is C24H32N2O3S. The van der Waals surface area contributed by atoms with Gasteiger partial charge < -0.3 is 14.7 Å². The molecule has 6 heteroatoms. The molecular weight excluding hydrogens is 396 g/mol. The van der Waals surface area contributed by atoms with Crippen molar-refractivity contribution in [3.63, 3.8) is 0 Å². The minimum atomic E-state index is -0.812. The summed E-state index contributed by atoms with van der Waals surface area (Å²) in [5, 5.41) is 12.4. The van der Waals surface area contributed by atoms with Gasteiger partial charge in [0.25, 0.3) is 0 Å². The monoisotopic (exact) mass is 428 g/mol. The van der Waals surface area contributed by atoms with Crippen LogP contribution in [-0.4, -0.2) is 59.2 Å². The lowest BCUT2D eigenvalue weighted by atomic mass is 10.00. The van der Waals surface area contributed by atoms with Gasteiger partial charge >= 0.3 is 0 Å². The Morgan fingerprint density at radius 3 is 2.73 bits per heavy atom. The highest BCUT2D eigenvalue weighted by atomic mass is 32.1. The number of amides is 1. The summed E-state index contributed by atoms with van der Waals surface area (Å²) in [5.41, 5.74) is 0.403. The van der Waals surface area contributed by atoms with E-state index in [-0.39, 0.29) is 11.9 Å². The molecule has 2 aliphatic rings. The molecule has 2 aromatic rings. The molecule has 1 aromatic carbocycles. The Hall–Kier alpha value is -1.89. The van der Waals surface area contributed by atoms with E-state index in [9.17, 15) is 9.90 Å². The van der Waals surface area contributed by atoms with Crippen molar-refractivity contribution in [1.29, 1.82) is 0 Å². The fourth-order valence-electron chi connectivity index (χ4n) is 4.25. The molecule has 1 saturated carbocycles. The lowest BCUT2D eigenvalue weighted by Crippen LogP contribution is -2.49. The number of para-hydroxylation sites is 1. The Balaban J connectivity index is 1.47. The number of rotatable bonds is 9. The average Bonchev–Trinajstić information content (AvgIpc) is 3.37. The Kier molecular flexibility index (Phi) is 6.46. The van der Waals surface area contributed by atoms with Gasteiger partial charge in [-0.1, -0.05) is 18.2 Å². The maximum atomic E-state index is 13.4. The van der Waals surface area contributed by atoms with Crippen LogP contribution in [0.2, 0.25) is 0 Å². The van der Waals surface area contributed by atoms with E-state index < -0.39 is 5.60 Å². The number of aliphatic hydroxyl groups is 1. The molecule has 30 heavy (non-hydrogen) atoms. The molecule has 1 N–H and O–H groups in total. The number of benzene rings is 1. The van der Waals surface area contributed by atoms with Crippen LogP contribution in [-0.2, 0) is 11.2 Å². The van der Waals surface area contributed by atoms with E-state index >= 15 is 0 Å². The molecule has 162 valence electrons. The average molecular weight is 429 g/mol. The second kappa shape index (κ2) is 9.08. The van der Waals surface area contributed by atoms with E-state index in [1.54, 1.807) is 11.3 Å². The zero-order valence-electron chi connectivity index (χ0n) is 17.9. The van der Waals surface area contributed by atoms with E-state index in [0.29, 0.717) is 25.6 Å². The lowest BCUT2D eigenvalue weighted by Gasteiger charge is -2.38. The van der Waals surface area contributed by atoms with Crippen molar-refractivity contribution in [2.75, 3.05) is 32.8 Å². The van der Waals surface area contributed by atoms with Gasteiger partial charge in [0, 0.05) is 24.5 Å². The summed E-state index contributed by atoms with van der Waals surface area (Å²) in [5.74, 6) is 1.62. The molecule has 1 aliphatic heterocycles. The summed E-state index contributed by atoms with van der Waals surface area (Å²) in [6.07, 6.45) is 3.35. The quantitative estimate of drug-likeness (QED) is 0.661. The zero-order valence-corrected chi connectivity index (χ0v) is 18.7. The highest BCUT2D eigenvalue weighted by Gasteiger charge is 2.34. The number of fused-ring (bicyclic) bond motifs is 1. The first-order chi connectivity index (χ1) is 14.4. The number of carbonyl (C=O) groups is 1. The molecule has 1 amide bonds. The SMILES string of the molecule is CC(C)(O)CN(CC(=O)N1CCc2sccc2C1COc1ccccc1)CC1CC1. The van der Waals surface area contributed by atoms with Gasteiger partial charge in [0.05, 0.1) is 18.2 Å². The third kappa shape index (κ3) is 5.62. The first kappa shape index (κ1) is 21.3. The molecule has 0 saturated heterocycles. The predicted octanol–water partition coefficient (Wildman–Crippen LogP) is 3.74. The third-order valence-electron chi connectivity index (χ3n) is 5.75. The molecule has 4 rings (SSSR count). The summed E-state index contributed by atoms with van der Waals surface area (Å²) in [7, 11) is 0. The maximum Gasteiger partial charge on any atom is 0.237 e. The van der Waals surface area contributed by atoms with Crippen LogP contribution in [0.1, 0.15) is 43.2 Å². The number of hydrogen-bond acceptors (Lipinski definition) is 5. The lowest BCUT2D eigenvalue weighted by molar-refractivity contribution is -0.136. The molecule has 2 heterocycles. The second-order valence-corrected chi connectivity index (χ2v) is 10.2. The molecule has 5 nitrogen and oxygen atoms in total. The standard InChI is InChI=1S/C24H32N2O3S/c1-24(2,28)17-25(14-18-8-9-18)15-23(27)26-12-10-22-20(11-13-30-22)21(26)16-29-19-6-4-3-5-7-19/h3-7,11,13,18,21,28H,8-10,12,14-17H2,1-2H3. The van der Waals surface area contributed by atoms with Crippen LogP contribution in [0.15, 0.2) is 41.8 Å².